The summed E-state index contributed by atoms with van der Waals surface area (Å²) in [6.07, 6.45) is 1.03. The number of benzene rings is 4. The molecule has 2 amide bonds. The number of hydrogen-bond acceptors (Lipinski definition) is 6. The van der Waals surface area contributed by atoms with Crippen LogP contribution in [-0.2, 0) is 6.42 Å². The fourth-order valence-electron chi connectivity index (χ4n) is 5.42. The number of aromatic hydroxyl groups is 1. The number of halogens is 1. The number of phenolic OH excluding ortho intramolecular Hbond substituents is 1. The van der Waals surface area contributed by atoms with Gasteiger partial charge in [-0.1, -0.05) is 18.2 Å². The Kier molecular flexibility index (Phi) is 7.19. The smallest absolute Gasteiger partial charge is 0.255 e. The molecule has 9 heteroatoms. The summed E-state index contributed by atoms with van der Waals surface area (Å²) in [6, 6.07) is 22.6. The van der Waals surface area contributed by atoms with Gasteiger partial charge < -0.3 is 24.8 Å². The van der Waals surface area contributed by atoms with Crippen LogP contribution in [0.3, 0.4) is 0 Å². The van der Waals surface area contributed by atoms with Gasteiger partial charge in [-0.25, -0.2) is 4.39 Å². The van der Waals surface area contributed by atoms with Crippen LogP contribution < -0.4 is 14.8 Å². The molecule has 3 heterocycles. The summed E-state index contributed by atoms with van der Waals surface area (Å²) >= 11 is 0. The third kappa shape index (κ3) is 5.34. The van der Waals surface area contributed by atoms with Gasteiger partial charge in [-0.15, -0.1) is 0 Å². The van der Waals surface area contributed by atoms with E-state index in [0.29, 0.717) is 49.8 Å². The molecule has 0 saturated heterocycles. The van der Waals surface area contributed by atoms with Crippen molar-refractivity contribution in [3.05, 3.63) is 118 Å². The molecule has 1 unspecified atom stereocenters. The van der Waals surface area contributed by atoms with Gasteiger partial charge in [-0.2, -0.15) is 5.26 Å². The Bertz CT molecular complexity index is 1750. The molecule has 8 nitrogen and oxygen atoms in total. The number of fused-ring (bicyclic) bond motifs is 6. The van der Waals surface area contributed by atoms with Crippen molar-refractivity contribution >= 4 is 11.8 Å². The van der Waals surface area contributed by atoms with Crippen LogP contribution in [0.2, 0.25) is 0 Å². The first-order chi connectivity index (χ1) is 20.4. The Morgan fingerprint density at radius 2 is 1.86 bits per heavy atom. The van der Waals surface area contributed by atoms with Gasteiger partial charge in [0.25, 0.3) is 11.8 Å². The molecular formula is C33H26FN3O5. The summed E-state index contributed by atoms with van der Waals surface area (Å²) in [5, 5.41) is 22.4. The standard InChI is InChI=1S/C33H26FN3O5/c34-24-14-20(19-35)13-23(15-24)33(40)37-11-9-21-16-26-5-7-28(21)31(37)22-3-1-4-25(17-22)41-12-2-10-36-32(39)29-18-27(42-26)6-8-30(29)38/h1,3-8,13-18,31,38H,2,9-12H2,(H,36,39). The van der Waals surface area contributed by atoms with Crippen LogP contribution in [0.15, 0.2) is 78.9 Å². The highest BCUT2D eigenvalue weighted by Crippen LogP contribution is 2.39. The first-order valence-electron chi connectivity index (χ1n) is 13.6. The zero-order chi connectivity index (χ0) is 29.2. The van der Waals surface area contributed by atoms with Crippen molar-refractivity contribution in [2.24, 2.45) is 0 Å². The molecule has 8 bridgehead atoms. The van der Waals surface area contributed by atoms with Gasteiger partial charge in [-0.3, -0.25) is 9.59 Å². The highest BCUT2D eigenvalue weighted by atomic mass is 19.1. The summed E-state index contributed by atoms with van der Waals surface area (Å²) in [5.41, 5.74) is 2.93. The van der Waals surface area contributed by atoms with E-state index in [0.717, 1.165) is 28.8 Å². The molecule has 7 rings (SSSR count). The Morgan fingerprint density at radius 3 is 2.71 bits per heavy atom. The zero-order valence-electron chi connectivity index (χ0n) is 22.5. The van der Waals surface area contributed by atoms with Crippen LogP contribution in [0.4, 0.5) is 4.39 Å². The lowest BCUT2D eigenvalue weighted by molar-refractivity contribution is 0.0693. The Hall–Kier alpha value is -5.36. The molecule has 0 fully saturated rings. The molecular weight excluding hydrogens is 537 g/mol. The highest BCUT2D eigenvalue weighted by molar-refractivity contribution is 5.97. The van der Waals surface area contributed by atoms with Crippen LogP contribution in [0, 0.1) is 17.1 Å². The fourth-order valence-corrected chi connectivity index (χ4v) is 5.42. The average molecular weight is 564 g/mol. The number of nitriles is 1. The van der Waals surface area contributed by atoms with Crippen molar-refractivity contribution in [3.63, 3.8) is 0 Å². The number of hydrogen-bond donors (Lipinski definition) is 2. The second-order valence-electron chi connectivity index (χ2n) is 10.2. The van der Waals surface area contributed by atoms with E-state index < -0.39 is 17.8 Å². The van der Waals surface area contributed by atoms with Gasteiger partial charge >= 0.3 is 0 Å². The SMILES string of the molecule is N#Cc1cc(F)cc(C(=O)N2CCc3cc4ccc3C2c2cccc(c2)OCCCNC(=O)c2cc(ccc2O)O4)c1. The highest BCUT2D eigenvalue weighted by Gasteiger charge is 2.33. The quantitative estimate of drug-likeness (QED) is 0.317. The molecule has 0 radical (unpaired) electrons. The maximum absolute atomic E-state index is 14.3. The number of amides is 2. The summed E-state index contributed by atoms with van der Waals surface area (Å²) in [5.74, 6) is -0.0832. The normalized spacial score (nSPS) is 16.2. The van der Waals surface area contributed by atoms with Crippen LogP contribution in [-0.4, -0.2) is 41.5 Å². The van der Waals surface area contributed by atoms with Crippen molar-refractivity contribution < 1.29 is 28.6 Å². The maximum Gasteiger partial charge on any atom is 0.255 e. The second kappa shape index (κ2) is 11.3. The monoisotopic (exact) mass is 563 g/mol. The van der Waals surface area contributed by atoms with Crippen LogP contribution in [0.25, 0.3) is 0 Å². The average Bonchev–Trinajstić information content (AvgIpc) is 3.00. The lowest BCUT2D eigenvalue weighted by atomic mass is 9.87. The molecule has 0 spiro atoms. The lowest BCUT2D eigenvalue weighted by Crippen LogP contribution is -2.40. The van der Waals surface area contributed by atoms with E-state index in [-0.39, 0.29) is 28.3 Å². The van der Waals surface area contributed by atoms with E-state index in [4.69, 9.17) is 9.47 Å². The summed E-state index contributed by atoms with van der Waals surface area (Å²) < 4.78 is 26.4. The number of carbonyl (C=O) groups is 2. The van der Waals surface area contributed by atoms with Gasteiger partial charge in [0.1, 0.15) is 28.8 Å². The third-order valence-electron chi connectivity index (χ3n) is 7.38. The topological polar surface area (TPSA) is 112 Å². The van der Waals surface area contributed by atoms with Crippen LogP contribution in [0.5, 0.6) is 23.0 Å². The van der Waals surface area contributed by atoms with Crippen LogP contribution in [0.1, 0.15) is 55.4 Å². The van der Waals surface area contributed by atoms with Crippen LogP contribution >= 0.6 is 0 Å². The fraction of sp³-hybridized carbons (Fsp3) is 0.182. The van der Waals surface area contributed by atoms with Crippen molar-refractivity contribution in [1.29, 1.82) is 5.26 Å². The minimum Gasteiger partial charge on any atom is -0.507 e. The minimum atomic E-state index is -0.648. The van der Waals surface area contributed by atoms with E-state index >= 15 is 0 Å². The largest absolute Gasteiger partial charge is 0.507 e. The van der Waals surface area contributed by atoms with E-state index in [1.807, 2.05) is 42.5 Å². The molecule has 2 N–H and O–H groups in total. The second-order valence-corrected chi connectivity index (χ2v) is 10.2. The predicted molar refractivity (Wildman–Crippen MR) is 151 cm³/mol. The molecule has 0 aromatic heterocycles. The number of phenols is 1. The van der Waals surface area contributed by atoms with E-state index in [9.17, 15) is 24.3 Å². The van der Waals surface area contributed by atoms with Gasteiger partial charge in [0.2, 0.25) is 0 Å². The van der Waals surface area contributed by atoms with E-state index in [1.54, 1.807) is 17.0 Å². The number of ether oxygens (including phenoxy) is 2. The summed E-state index contributed by atoms with van der Waals surface area (Å²) in [4.78, 5) is 28.2. The number of rotatable bonds is 1. The van der Waals surface area contributed by atoms with Crippen molar-refractivity contribution in [3.8, 4) is 29.1 Å². The predicted octanol–water partition coefficient (Wildman–Crippen LogP) is 5.50. The number of nitrogens with one attached hydrogen (secondary N) is 1. The molecule has 3 aliphatic heterocycles. The minimum absolute atomic E-state index is 0.0752. The summed E-state index contributed by atoms with van der Waals surface area (Å²) in [6.45, 7) is 0.996. The maximum atomic E-state index is 14.3. The first kappa shape index (κ1) is 26.8. The molecule has 4 aromatic carbocycles. The van der Waals surface area contributed by atoms with Crippen molar-refractivity contribution in [2.45, 2.75) is 18.9 Å². The molecule has 1 atom stereocenters. The summed E-state index contributed by atoms with van der Waals surface area (Å²) in [7, 11) is 0. The molecule has 0 aliphatic carbocycles. The molecule has 3 aliphatic rings. The van der Waals surface area contributed by atoms with Gasteiger partial charge in [0.05, 0.1) is 29.8 Å². The van der Waals surface area contributed by atoms with Gasteiger partial charge in [0.15, 0.2) is 0 Å². The third-order valence-corrected chi connectivity index (χ3v) is 7.38. The van der Waals surface area contributed by atoms with Gasteiger partial charge in [-0.05, 0) is 90.2 Å². The zero-order valence-corrected chi connectivity index (χ0v) is 22.5. The van der Waals surface area contributed by atoms with Gasteiger partial charge in [0, 0.05) is 18.7 Å². The molecule has 0 saturated carbocycles. The number of carbonyl (C=O) groups excluding carboxylic acids is 2. The Morgan fingerprint density at radius 1 is 1.02 bits per heavy atom. The molecule has 42 heavy (non-hydrogen) atoms. The molecule has 210 valence electrons. The molecule has 4 aromatic rings. The Balaban J connectivity index is 1.44. The first-order valence-corrected chi connectivity index (χ1v) is 13.6. The lowest BCUT2D eigenvalue weighted by Gasteiger charge is -2.38. The number of nitrogens with zero attached hydrogens (tertiary/aromatic N) is 2. The van der Waals surface area contributed by atoms with E-state index in [2.05, 4.69) is 5.32 Å². The van der Waals surface area contributed by atoms with E-state index in [1.165, 1.54) is 18.2 Å². The Labute approximate surface area is 241 Å². The van der Waals surface area contributed by atoms with Crippen molar-refractivity contribution in [1.82, 2.24) is 10.2 Å². The van der Waals surface area contributed by atoms with Crippen molar-refractivity contribution in [2.75, 3.05) is 19.7 Å².